The van der Waals surface area contributed by atoms with Gasteiger partial charge in [-0.25, -0.2) is 4.68 Å². The number of nitrogens with two attached hydrogens (primary N) is 1. The van der Waals surface area contributed by atoms with Crippen LogP contribution in [-0.2, 0) is 6.42 Å². The van der Waals surface area contributed by atoms with Gasteiger partial charge in [-0.05, 0) is 25.3 Å². The van der Waals surface area contributed by atoms with Crippen LogP contribution in [0.1, 0.15) is 30.5 Å². The fourth-order valence-electron chi connectivity index (χ4n) is 2.04. The number of nitrogens with zero attached hydrogens (tertiary/aromatic N) is 2. The molecule has 2 aromatic rings. The average Bonchev–Trinajstić information content (AvgIpc) is 2.69. The van der Waals surface area contributed by atoms with Crippen LogP contribution in [0.4, 0.5) is 5.82 Å². The van der Waals surface area contributed by atoms with Crippen molar-refractivity contribution in [3.63, 3.8) is 0 Å². The van der Waals surface area contributed by atoms with Crippen LogP contribution in [0.25, 0.3) is 0 Å². The molecule has 17 heavy (non-hydrogen) atoms. The molecule has 0 aliphatic rings. The summed E-state index contributed by atoms with van der Waals surface area (Å²) in [7, 11) is 0. The highest BCUT2D eigenvalue weighted by atomic mass is 15.3. The van der Waals surface area contributed by atoms with Crippen molar-refractivity contribution in [3.8, 4) is 0 Å². The summed E-state index contributed by atoms with van der Waals surface area (Å²) in [5, 5.41) is 4.37. The third kappa shape index (κ3) is 2.49. The SMILES string of the molecule is CCC(Cc1ccccc1)n1ncc(C)c1N. The topological polar surface area (TPSA) is 43.8 Å². The third-order valence-electron chi connectivity index (χ3n) is 3.16. The second kappa shape index (κ2) is 5.04. The second-order valence-corrected chi connectivity index (χ2v) is 4.41. The lowest BCUT2D eigenvalue weighted by Gasteiger charge is -2.17. The smallest absolute Gasteiger partial charge is 0.124 e. The Bertz CT molecular complexity index is 473. The zero-order valence-electron chi connectivity index (χ0n) is 10.4. The van der Waals surface area contributed by atoms with Crippen LogP contribution in [0.5, 0.6) is 0 Å². The zero-order chi connectivity index (χ0) is 12.3. The van der Waals surface area contributed by atoms with Gasteiger partial charge in [-0.15, -0.1) is 0 Å². The maximum Gasteiger partial charge on any atom is 0.124 e. The molecule has 0 amide bonds. The molecular weight excluding hydrogens is 210 g/mol. The van der Waals surface area contributed by atoms with Crippen molar-refractivity contribution in [3.05, 3.63) is 47.7 Å². The number of aromatic nitrogens is 2. The Labute approximate surface area is 102 Å². The van der Waals surface area contributed by atoms with Gasteiger partial charge in [0.15, 0.2) is 0 Å². The van der Waals surface area contributed by atoms with Crippen molar-refractivity contribution in [2.45, 2.75) is 32.7 Å². The number of hydrogen-bond acceptors (Lipinski definition) is 2. The molecule has 3 heteroatoms. The molecule has 1 heterocycles. The molecule has 0 radical (unpaired) electrons. The monoisotopic (exact) mass is 229 g/mol. The summed E-state index contributed by atoms with van der Waals surface area (Å²) in [5.74, 6) is 0.785. The maximum atomic E-state index is 6.03. The Morgan fingerprint density at radius 2 is 2.00 bits per heavy atom. The molecule has 0 aliphatic heterocycles. The minimum absolute atomic E-state index is 0.339. The lowest BCUT2D eigenvalue weighted by Crippen LogP contribution is -2.15. The summed E-state index contributed by atoms with van der Waals surface area (Å²) < 4.78 is 1.95. The van der Waals surface area contributed by atoms with E-state index in [2.05, 4.69) is 36.3 Å². The zero-order valence-corrected chi connectivity index (χ0v) is 10.4. The highest BCUT2D eigenvalue weighted by Gasteiger charge is 2.14. The second-order valence-electron chi connectivity index (χ2n) is 4.41. The Kier molecular flexibility index (Phi) is 3.47. The normalized spacial score (nSPS) is 12.6. The van der Waals surface area contributed by atoms with E-state index in [9.17, 15) is 0 Å². The molecule has 0 saturated heterocycles. The summed E-state index contributed by atoms with van der Waals surface area (Å²) in [6, 6.07) is 10.8. The first kappa shape index (κ1) is 11.7. The summed E-state index contributed by atoms with van der Waals surface area (Å²) in [5.41, 5.74) is 8.41. The minimum Gasteiger partial charge on any atom is -0.384 e. The number of aryl methyl sites for hydroxylation is 1. The van der Waals surface area contributed by atoms with E-state index in [0.717, 1.165) is 24.2 Å². The van der Waals surface area contributed by atoms with Gasteiger partial charge in [0.1, 0.15) is 5.82 Å². The Hall–Kier alpha value is -1.77. The van der Waals surface area contributed by atoms with Gasteiger partial charge in [-0.2, -0.15) is 5.10 Å². The van der Waals surface area contributed by atoms with E-state index < -0.39 is 0 Å². The first-order valence-electron chi connectivity index (χ1n) is 6.06. The van der Waals surface area contributed by atoms with Crippen molar-refractivity contribution < 1.29 is 0 Å². The van der Waals surface area contributed by atoms with Gasteiger partial charge >= 0.3 is 0 Å². The first-order valence-corrected chi connectivity index (χ1v) is 6.06. The van der Waals surface area contributed by atoms with Crippen LogP contribution in [0.3, 0.4) is 0 Å². The predicted molar refractivity (Wildman–Crippen MR) is 70.9 cm³/mol. The molecule has 1 unspecified atom stereocenters. The van der Waals surface area contributed by atoms with E-state index in [1.165, 1.54) is 5.56 Å². The Balaban J connectivity index is 2.20. The van der Waals surface area contributed by atoms with Crippen LogP contribution in [0, 0.1) is 6.92 Å². The van der Waals surface area contributed by atoms with Crippen molar-refractivity contribution in [2.75, 3.05) is 5.73 Å². The van der Waals surface area contributed by atoms with Crippen LogP contribution in [-0.4, -0.2) is 9.78 Å². The van der Waals surface area contributed by atoms with Crippen LogP contribution in [0.15, 0.2) is 36.5 Å². The fourth-order valence-corrected chi connectivity index (χ4v) is 2.04. The van der Waals surface area contributed by atoms with Gasteiger partial charge in [-0.1, -0.05) is 37.3 Å². The third-order valence-corrected chi connectivity index (χ3v) is 3.16. The highest BCUT2D eigenvalue weighted by Crippen LogP contribution is 2.22. The van der Waals surface area contributed by atoms with Crippen molar-refractivity contribution in [1.82, 2.24) is 9.78 Å². The first-order chi connectivity index (χ1) is 8.22. The summed E-state index contributed by atoms with van der Waals surface area (Å²) in [6.07, 6.45) is 3.84. The Morgan fingerprint density at radius 3 is 2.53 bits per heavy atom. The number of hydrogen-bond donors (Lipinski definition) is 1. The van der Waals surface area contributed by atoms with Crippen LogP contribution >= 0.6 is 0 Å². The molecule has 0 spiro atoms. The molecule has 0 aliphatic carbocycles. The molecule has 0 fully saturated rings. The largest absolute Gasteiger partial charge is 0.384 e. The van der Waals surface area contributed by atoms with E-state index in [4.69, 9.17) is 5.73 Å². The molecule has 0 bridgehead atoms. The van der Waals surface area contributed by atoms with Crippen molar-refractivity contribution >= 4 is 5.82 Å². The molecule has 3 nitrogen and oxygen atoms in total. The average molecular weight is 229 g/mol. The number of benzene rings is 1. The lowest BCUT2D eigenvalue weighted by atomic mass is 10.0. The molecule has 1 aromatic heterocycles. The molecule has 2 N–H and O–H groups in total. The van der Waals surface area contributed by atoms with Gasteiger partial charge in [0.25, 0.3) is 0 Å². The molecule has 1 aromatic carbocycles. The minimum atomic E-state index is 0.339. The van der Waals surface area contributed by atoms with Crippen molar-refractivity contribution in [1.29, 1.82) is 0 Å². The molecule has 2 rings (SSSR count). The molecule has 90 valence electrons. The van der Waals surface area contributed by atoms with Crippen LogP contribution < -0.4 is 5.73 Å². The van der Waals surface area contributed by atoms with E-state index in [1.807, 2.05) is 23.9 Å². The van der Waals surface area contributed by atoms with E-state index in [-0.39, 0.29) is 0 Å². The quantitative estimate of drug-likeness (QED) is 0.876. The maximum absolute atomic E-state index is 6.03. The van der Waals surface area contributed by atoms with Gasteiger partial charge < -0.3 is 5.73 Å². The molecule has 1 atom stereocenters. The lowest BCUT2D eigenvalue weighted by molar-refractivity contribution is 0.444. The standard InChI is InChI=1S/C14H19N3/c1-3-13(9-12-7-5-4-6-8-12)17-14(15)11(2)10-16-17/h4-8,10,13H,3,9,15H2,1-2H3. The molecular formula is C14H19N3. The van der Waals surface area contributed by atoms with E-state index in [1.54, 1.807) is 0 Å². The fraction of sp³-hybridized carbons (Fsp3) is 0.357. The highest BCUT2D eigenvalue weighted by molar-refractivity contribution is 5.37. The number of rotatable bonds is 4. The van der Waals surface area contributed by atoms with Gasteiger partial charge in [0, 0.05) is 5.56 Å². The summed E-state index contributed by atoms with van der Waals surface area (Å²) in [6.45, 7) is 4.16. The summed E-state index contributed by atoms with van der Waals surface area (Å²) in [4.78, 5) is 0. The number of anilines is 1. The van der Waals surface area contributed by atoms with Gasteiger partial charge in [0.2, 0.25) is 0 Å². The van der Waals surface area contributed by atoms with Gasteiger partial charge in [-0.3, -0.25) is 0 Å². The Morgan fingerprint density at radius 1 is 1.29 bits per heavy atom. The summed E-state index contributed by atoms with van der Waals surface area (Å²) >= 11 is 0. The van der Waals surface area contributed by atoms with Crippen molar-refractivity contribution in [2.24, 2.45) is 0 Å². The van der Waals surface area contributed by atoms with Gasteiger partial charge in [0.05, 0.1) is 12.2 Å². The van der Waals surface area contributed by atoms with Crippen LogP contribution in [0.2, 0.25) is 0 Å². The number of nitrogen functional groups attached to an aromatic ring is 1. The molecule has 0 saturated carbocycles. The van der Waals surface area contributed by atoms with E-state index >= 15 is 0 Å². The predicted octanol–water partition coefficient (Wildman–Crippen LogP) is 2.97. The van der Waals surface area contributed by atoms with E-state index in [0.29, 0.717) is 6.04 Å².